The van der Waals surface area contributed by atoms with Crippen LogP contribution in [0.1, 0.15) is 20.8 Å². The molecule has 0 aromatic carbocycles. The monoisotopic (exact) mass is 290 g/mol. The van der Waals surface area contributed by atoms with E-state index in [0.717, 1.165) is 0 Å². The van der Waals surface area contributed by atoms with E-state index in [1.165, 1.54) is 20.8 Å². The van der Waals surface area contributed by atoms with E-state index >= 15 is 0 Å². The number of alkyl halides is 5. The average Bonchev–Trinajstić information content (AvgIpc) is 2.26. The first kappa shape index (κ1) is 17.5. The Morgan fingerprint density at radius 3 is 1.74 bits per heavy atom. The fourth-order valence-corrected chi connectivity index (χ4v) is 0.734. The number of rotatable bonds is 4. The minimum absolute atomic E-state index is 1.22. The summed E-state index contributed by atoms with van der Waals surface area (Å²) in [6, 6.07) is 0. The van der Waals surface area contributed by atoms with Crippen molar-refractivity contribution in [2.24, 2.45) is 5.41 Å². The van der Waals surface area contributed by atoms with Crippen LogP contribution in [0.15, 0.2) is 0 Å². The fraction of sp³-hybridized carbons (Fsp3) is 0.700. The quantitative estimate of drug-likeness (QED) is 0.343. The van der Waals surface area contributed by atoms with Crippen LogP contribution in [-0.2, 0) is 19.1 Å². The molecule has 0 aromatic rings. The van der Waals surface area contributed by atoms with Gasteiger partial charge in [-0.2, -0.15) is 17.6 Å². The minimum atomic E-state index is -5.55. The van der Waals surface area contributed by atoms with Crippen molar-refractivity contribution in [3.63, 3.8) is 0 Å². The molecule has 19 heavy (non-hydrogen) atoms. The zero-order chi connectivity index (χ0) is 15.6. The summed E-state index contributed by atoms with van der Waals surface area (Å²) < 4.78 is 65.6. The summed E-state index contributed by atoms with van der Waals surface area (Å²) >= 11 is 0. The lowest BCUT2D eigenvalue weighted by Gasteiger charge is -2.22. The Balaban J connectivity index is 5.00. The predicted molar refractivity (Wildman–Crippen MR) is 51.4 cm³/mol. The lowest BCUT2D eigenvalue weighted by atomic mass is 9.91. The summed E-state index contributed by atoms with van der Waals surface area (Å²) in [6.07, 6.45) is 0. The van der Waals surface area contributed by atoms with Crippen LogP contribution in [0.5, 0.6) is 0 Å². The first-order valence-corrected chi connectivity index (χ1v) is 4.90. The summed E-state index contributed by atoms with van der Waals surface area (Å²) in [5.41, 5.74) is -1.35. The van der Waals surface area contributed by atoms with Crippen molar-refractivity contribution in [2.45, 2.75) is 32.6 Å². The number of hydrogen-bond donors (Lipinski definition) is 0. The van der Waals surface area contributed by atoms with E-state index in [4.69, 9.17) is 0 Å². The SMILES string of the molecule is CC(C)(C)C(=O)C(=O)OC(=O)C(F)(F)C(F)(F)CF. The van der Waals surface area contributed by atoms with E-state index in [1.54, 1.807) is 0 Å². The van der Waals surface area contributed by atoms with Gasteiger partial charge in [0.15, 0.2) is 6.67 Å². The van der Waals surface area contributed by atoms with Gasteiger partial charge < -0.3 is 4.74 Å². The number of ether oxygens (including phenoxy) is 1. The molecule has 0 spiro atoms. The molecule has 0 aliphatic rings. The van der Waals surface area contributed by atoms with Crippen LogP contribution in [0.2, 0.25) is 0 Å². The van der Waals surface area contributed by atoms with Crippen molar-refractivity contribution < 1.29 is 41.1 Å². The molecule has 0 heterocycles. The largest absolute Gasteiger partial charge is 0.407 e. The number of ketones is 1. The van der Waals surface area contributed by atoms with Gasteiger partial charge in [0.05, 0.1) is 0 Å². The molecule has 0 unspecified atom stereocenters. The Bertz CT molecular complexity index is 397. The Labute approximate surface area is 104 Å². The van der Waals surface area contributed by atoms with Gasteiger partial charge in [-0.3, -0.25) is 4.79 Å². The first-order valence-electron chi connectivity index (χ1n) is 4.90. The molecule has 0 saturated heterocycles. The molecule has 0 aliphatic heterocycles. The van der Waals surface area contributed by atoms with Crippen LogP contribution in [0.25, 0.3) is 0 Å². The van der Waals surface area contributed by atoms with Crippen molar-refractivity contribution in [3.8, 4) is 0 Å². The molecule has 0 saturated carbocycles. The van der Waals surface area contributed by atoms with Gasteiger partial charge in [-0.1, -0.05) is 20.8 Å². The third kappa shape index (κ3) is 3.71. The fourth-order valence-electron chi connectivity index (χ4n) is 0.734. The molecule has 0 bridgehead atoms. The van der Waals surface area contributed by atoms with Crippen molar-refractivity contribution in [1.29, 1.82) is 0 Å². The van der Waals surface area contributed by atoms with Gasteiger partial charge in [0.25, 0.3) is 0 Å². The van der Waals surface area contributed by atoms with E-state index < -0.39 is 41.7 Å². The molecule has 0 radical (unpaired) electrons. The Morgan fingerprint density at radius 1 is 1.00 bits per heavy atom. The predicted octanol–water partition coefficient (Wildman–Crippen LogP) is 1.91. The van der Waals surface area contributed by atoms with Crippen molar-refractivity contribution in [2.75, 3.05) is 6.67 Å². The van der Waals surface area contributed by atoms with Crippen LogP contribution >= 0.6 is 0 Å². The van der Waals surface area contributed by atoms with Crippen LogP contribution in [0, 0.1) is 5.41 Å². The second-order valence-electron chi connectivity index (χ2n) is 4.67. The number of hydrogen-bond acceptors (Lipinski definition) is 4. The highest BCUT2D eigenvalue weighted by atomic mass is 19.3. The molecule has 4 nitrogen and oxygen atoms in total. The minimum Gasteiger partial charge on any atom is -0.383 e. The highest BCUT2D eigenvalue weighted by Gasteiger charge is 2.64. The third-order valence-electron chi connectivity index (χ3n) is 1.94. The number of carbonyl (C=O) groups is 3. The average molecular weight is 290 g/mol. The maximum atomic E-state index is 12.8. The van der Waals surface area contributed by atoms with Crippen LogP contribution < -0.4 is 0 Å². The molecular formula is C10H11F5O4. The molecule has 0 fully saturated rings. The summed E-state index contributed by atoms with van der Waals surface area (Å²) in [4.78, 5) is 32.9. The molecule has 0 N–H and O–H groups in total. The van der Waals surface area contributed by atoms with E-state index in [2.05, 4.69) is 4.74 Å². The number of carbonyl (C=O) groups excluding carboxylic acids is 3. The maximum Gasteiger partial charge on any atom is 0.407 e. The van der Waals surface area contributed by atoms with Crippen molar-refractivity contribution in [1.82, 2.24) is 0 Å². The maximum absolute atomic E-state index is 12.8. The van der Waals surface area contributed by atoms with E-state index in [-0.39, 0.29) is 0 Å². The van der Waals surface area contributed by atoms with Gasteiger partial charge in [0, 0.05) is 5.41 Å². The van der Waals surface area contributed by atoms with Crippen LogP contribution in [0.3, 0.4) is 0 Å². The normalized spacial score (nSPS) is 13.1. The van der Waals surface area contributed by atoms with Crippen LogP contribution in [-0.4, -0.2) is 36.2 Å². The molecule has 0 rings (SSSR count). The second-order valence-corrected chi connectivity index (χ2v) is 4.67. The standard InChI is InChI=1S/C10H11F5O4/c1-8(2,3)5(16)6(17)19-7(18)10(14,15)9(12,13)4-11/h4H2,1-3H3. The molecule has 0 amide bonds. The van der Waals surface area contributed by atoms with Gasteiger partial charge >= 0.3 is 23.8 Å². The van der Waals surface area contributed by atoms with Crippen LogP contribution in [0.4, 0.5) is 22.0 Å². The zero-order valence-electron chi connectivity index (χ0n) is 10.2. The number of Topliss-reactive ketones (excluding diaryl/α,β-unsaturated/α-hetero) is 1. The van der Waals surface area contributed by atoms with E-state index in [0.29, 0.717) is 0 Å². The highest BCUT2D eigenvalue weighted by molar-refractivity contribution is 6.37. The lowest BCUT2D eigenvalue weighted by Crippen LogP contribution is -2.50. The van der Waals surface area contributed by atoms with Gasteiger partial charge in [-0.15, -0.1) is 0 Å². The zero-order valence-corrected chi connectivity index (χ0v) is 10.2. The van der Waals surface area contributed by atoms with Crippen molar-refractivity contribution >= 4 is 17.7 Å². The smallest absolute Gasteiger partial charge is 0.383 e. The van der Waals surface area contributed by atoms with E-state index in [1.807, 2.05) is 0 Å². The van der Waals surface area contributed by atoms with Gasteiger partial charge in [-0.05, 0) is 0 Å². The van der Waals surface area contributed by atoms with E-state index in [9.17, 15) is 36.3 Å². The Hall–Kier alpha value is -1.54. The number of esters is 2. The van der Waals surface area contributed by atoms with Gasteiger partial charge in [0.1, 0.15) is 0 Å². The Kier molecular flexibility index (Phi) is 4.79. The third-order valence-corrected chi connectivity index (χ3v) is 1.94. The number of halogens is 5. The second kappa shape index (κ2) is 5.22. The van der Waals surface area contributed by atoms with Gasteiger partial charge in [0.2, 0.25) is 5.78 Å². The Morgan fingerprint density at radius 2 is 1.42 bits per heavy atom. The summed E-state index contributed by atoms with van der Waals surface area (Å²) in [7, 11) is 0. The summed E-state index contributed by atoms with van der Waals surface area (Å²) in [5, 5.41) is 0. The molecule has 0 aliphatic carbocycles. The molecule has 0 atom stereocenters. The first-order chi connectivity index (χ1) is 8.27. The van der Waals surface area contributed by atoms with Crippen molar-refractivity contribution in [3.05, 3.63) is 0 Å². The molecule has 110 valence electrons. The molecule has 9 heteroatoms. The summed E-state index contributed by atoms with van der Waals surface area (Å²) in [6.45, 7) is 0.830. The molecule has 0 aromatic heterocycles. The topological polar surface area (TPSA) is 60.4 Å². The highest BCUT2D eigenvalue weighted by Crippen LogP contribution is 2.35. The molecular weight excluding hydrogens is 279 g/mol. The summed E-state index contributed by atoms with van der Waals surface area (Å²) in [5.74, 6) is -17.2. The van der Waals surface area contributed by atoms with Gasteiger partial charge in [-0.25, -0.2) is 14.0 Å². The lowest BCUT2D eigenvalue weighted by molar-refractivity contribution is -0.231.